The van der Waals surface area contributed by atoms with Crippen LogP contribution in [0.15, 0.2) is 0 Å². The highest BCUT2D eigenvalue weighted by Crippen LogP contribution is 1.98. The van der Waals surface area contributed by atoms with Gasteiger partial charge < -0.3 is 14.8 Å². The van der Waals surface area contributed by atoms with Crippen LogP contribution in [0.5, 0.6) is 0 Å². The van der Waals surface area contributed by atoms with E-state index in [4.69, 9.17) is 9.47 Å². The van der Waals surface area contributed by atoms with E-state index < -0.39 is 12.1 Å². The number of rotatable bonds is 9. The molecule has 5 heteroatoms. The quantitative estimate of drug-likeness (QED) is 0.510. The molecule has 0 heterocycles. The highest BCUT2D eigenvalue weighted by molar-refractivity contribution is 5.77. The summed E-state index contributed by atoms with van der Waals surface area (Å²) in [4.78, 5) is 22.4. The third-order valence-corrected chi connectivity index (χ3v) is 2.19. The first kappa shape index (κ1) is 16.7. The van der Waals surface area contributed by atoms with E-state index in [0.717, 1.165) is 25.7 Å². The second kappa shape index (κ2) is 10.9. The van der Waals surface area contributed by atoms with Crippen LogP contribution in [0.4, 0.5) is 4.79 Å². The van der Waals surface area contributed by atoms with Crippen molar-refractivity contribution in [2.45, 2.75) is 46.5 Å². The van der Waals surface area contributed by atoms with E-state index in [-0.39, 0.29) is 12.5 Å². The van der Waals surface area contributed by atoms with Gasteiger partial charge in [0.05, 0.1) is 13.2 Å². The molecular weight excluding hydrogens is 234 g/mol. The molecule has 0 aliphatic heterocycles. The zero-order valence-electron chi connectivity index (χ0n) is 11.7. The first-order valence-electron chi connectivity index (χ1n) is 6.62. The van der Waals surface area contributed by atoms with E-state index in [2.05, 4.69) is 12.2 Å². The van der Waals surface area contributed by atoms with Crippen molar-refractivity contribution in [2.24, 2.45) is 5.92 Å². The minimum absolute atomic E-state index is 0.134. The third-order valence-electron chi connectivity index (χ3n) is 2.19. The average Bonchev–Trinajstić information content (AvgIpc) is 2.33. The summed E-state index contributed by atoms with van der Waals surface area (Å²) in [6, 6.07) is 0. The van der Waals surface area contributed by atoms with Crippen LogP contribution in [0.2, 0.25) is 0 Å². The molecule has 0 atom stereocenters. The topological polar surface area (TPSA) is 64.6 Å². The van der Waals surface area contributed by atoms with E-state index >= 15 is 0 Å². The molecule has 0 rings (SSSR count). The Balaban J connectivity index is 3.43. The lowest BCUT2D eigenvalue weighted by molar-refractivity contribution is -0.142. The molecule has 0 unspecified atom stereocenters. The summed E-state index contributed by atoms with van der Waals surface area (Å²) < 4.78 is 9.81. The van der Waals surface area contributed by atoms with Gasteiger partial charge in [-0.3, -0.25) is 4.79 Å². The number of nitrogens with one attached hydrogen (secondary N) is 1. The Labute approximate surface area is 109 Å². The van der Waals surface area contributed by atoms with Crippen LogP contribution in [-0.4, -0.2) is 31.8 Å². The van der Waals surface area contributed by atoms with E-state index in [1.807, 2.05) is 13.8 Å². The summed E-state index contributed by atoms with van der Waals surface area (Å²) >= 11 is 0. The SMILES string of the molecule is CCCCCCOC(=O)CNC(=O)OCC(C)C. The van der Waals surface area contributed by atoms with E-state index in [9.17, 15) is 9.59 Å². The predicted molar refractivity (Wildman–Crippen MR) is 69.3 cm³/mol. The van der Waals surface area contributed by atoms with Crippen LogP contribution in [0.3, 0.4) is 0 Å². The second-order valence-electron chi connectivity index (χ2n) is 4.63. The molecule has 5 nitrogen and oxygen atoms in total. The van der Waals surface area contributed by atoms with E-state index in [1.54, 1.807) is 0 Å². The van der Waals surface area contributed by atoms with Crippen molar-refractivity contribution in [3.05, 3.63) is 0 Å². The normalized spacial score (nSPS) is 10.2. The largest absolute Gasteiger partial charge is 0.464 e. The molecule has 18 heavy (non-hydrogen) atoms. The zero-order valence-corrected chi connectivity index (χ0v) is 11.7. The fourth-order valence-corrected chi connectivity index (χ4v) is 1.20. The molecule has 0 saturated carbocycles. The molecule has 0 aliphatic rings. The van der Waals surface area contributed by atoms with Crippen molar-refractivity contribution in [3.63, 3.8) is 0 Å². The van der Waals surface area contributed by atoms with Gasteiger partial charge in [0.1, 0.15) is 6.54 Å². The fourth-order valence-electron chi connectivity index (χ4n) is 1.20. The highest BCUT2D eigenvalue weighted by Gasteiger charge is 2.07. The van der Waals surface area contributed by atoms with Gasteiger partial charge in [0.25, 0.3) is 0 Å². The minimum atomic E-state index is -0.577. The van der Waals surface area contributed by atoms with Crippen LogP contribution >= 0.6 is 0 Å². The van der Waals surface area contributed by atoms with Crippen LogP contribution in [0.1, 0.15) is 46.5 Å². The maximum atomic E-state index is 11.2. The van der Waals surface area contributed by atoms with Crippen molar-refractivity contribution >= 4 is 12.1 Å². The summed E-state index contributed by atoms with van der Waals surface area (Å²) in [5.41, 5.74) is 0. The molecular formula is C13H25NO4. The molecule has 0 fully saturated rings. The lowest BCUT2D eigenvalue weighted by atomic mass is 10.2. The summed E-state index contributed by atoms with van der Waals surface area (Å²) in [5, 5.41) is 2.35. The summed E-state index contributed by atoms with van der Waals surface area (Å²) in [6.45, 7) is 6.64. The smallest absolute Gasteiger partial charge is 0.407 e. The number of unbranched alkanes of at least 4 members (excludes halogenated alkanes) is 3. The Kier molecular flexibility index (Phi) is 10.1. The highest BCUT2D eigenvalue weighted by atomic mass is 16.6. The van der Waals surface area contributed by atoms with Crippen molar-refractivity contribution in [2.75, 3.05) is 19.8 Å². The number of carbonyl (C=O) groups is 2. The molecule has 1 N–H and O–H groups in total. The third kappa shape index (κ3) is 11.2. The Bertz CT molecular complexity index is 241. The van der Waals surface area contributed by atoms with Crippen LogP contribution in [-0.2, 0) is 14.3 Å². The maximum absolute atomic E-state index is 11.2. The molecule has 0 aromatic rings. The van der Waals surface area contributed by atoms with Gasteiger partial charge in [0.15, 0.2) is 0 Å². The Hall–Kier alpha value is -1.26. The van der Waals surface area contributed by atoms with Crippen molar-refractivity contribution in [1.29, 1.82) is 0 Å². The monoisotopic (exact) mass is 259 g/mol. The number of alkyl carbamates (subject to hydrolysis) is 1. The molecule has 0 aromatic carbocycles. The molecule has 0 bridgehead atoms. The molecule has 106 valence electrons. The number of amides is 1. The van der Waals surface area contributed by atoms with E-state index in [0.29, 0.717) is 13.2 Å². The second-order valence-corrected chi connectivity index (χ2v) is 4.63. The Morgan fingerprint density at radius 3 is 2.44 bits per heavy atom. The maximum Gasteiger partial charge on any atom is 0.407 e. The fraction of sp³-hybridized carbons (Fsp3) is 0.846. The average molecular weight is 259 g/mol. The standard InChI is InChI=1S/C13H25NO4/c1-4-5-6-7-8-17-12(15)9-14-13(16)18-10-11(2)3/h11H,4-10H2,1-3H3,(H,14,16). The summed E-state index contributed by atoms with van der Waals surface area (Å²) in [5.74, 6) is -0.144. The first-order valence-corrected chi connectivity index (χ1v) is 6.62. The Morgan fingerprint density at radius 2 is 1.83 bits per heavy atom. The van der Waals surface area contributed by atoms with Gasteiger partial charge in [-0.05, 0) is 12.3 Å². The molecule has 0 aliphatic carbocycles. The molecule has 0 aromatic heterocycles. The molecule has 0 spiro atoms. The van der Waals surface area contributed by atoms with Gasteiger partial charge in [-0.2, -0.15) is 0 Å². The van der Waals surface area contributed by atoms with Crippen molar-refractivity contribution in [3.8, 4) is 0 Å². The first-order chi connectivity index (χ1) is 8.56. The van der Waals surface area contributed by atoms with Crippen LogP contribution < -0.4 is 5.32 Å². The lowest BCUT2D eigenvalue weighted by Gasteiger charge is -2.08. The van der Waals surface area contributed by atoms with Gasteiger partial charge >= 0.3 is 12.1 Å². The van der Waals surface area contributed by atoms with Crippen molar-refractivity contribution < 1.29 is 19.1 Å². The number of hydrogen-bond acceptors (Lipinski definition) is 4. The number of ether oxygens (including phenoxy) is 2. The molecule has 0 saturated heterocycles. The number of carbonyl (C=O) groups excluding carboxylic acids is 2. The predicted octanol–water partition coefficient (Wildman–Crippen LogP) is 2.49. The zero-order chi connectivity index (χ0) is 13.8. The van der Waals surface area contributed by atoms with Crippen LogP contribution in [0.25, 0.3) is 0 Å². The van der Waals surface area contributed by atoms with Crippen molar-refractivity contribution in [1.82, 2.24) is 5.32 Å². The number of hydrogen-bond donors (Lipinski definition) is 1. The van der Waals surface area contributed by atoms with Gasteiger partial charge in [-0.15, -0.1) is 0 Å². The van der Waals surface area contributed by atoms with Gasteiger partial charge in [0, 0.05) is 0 Å². The minimum Gasteiger partial charge on any atom is -0.464 e. The van der Waals surface area contributed by atoms with E-state index in [1.165, 1.54) is 0 Å². The number of esters is 1. The summed E-state index contributed by atoms with van der Waals surface area (Å²) in [7, 11) is 0. The van der Waals surface area contributed by atoms with Gasteiger partial charge in [-0.25, -0.2) is 4.79 Å². The molecule has 0 radical (unpaired) electrons. The Morgan fingerprint density at radius 1 is 1.11 bits per heavy atom. The summed E-state index contributed by atoms with van der Waals surface area (Å²) in [6.07, 6.45) is 3.66. The van der Waals surface area contributed by atoms with Gasteiger partial charge in [0.2, 0.25) is 0 Å². The lowest BCUT2D eigenvalue weighted by Crippen LogP contribution is -2.32. The van der Waals surface area contributed by atoms with Crippen LogP contribution in [0, 0.1) is 5.92 Å². The molecule has 1 amide bonds. The van der Waals surface area contributed by atoms with Gasteiger partial charge in [-0.1, -0.05) is 40.0 Å².